The lowest BCUT2D eigenvalue weighted by Crippen LogP contribution is -2.23. The largest absolute Gasteiger partial charge is 0.417 e. The predicted molar refractivity (Wildman–Crippen MR) is 461 cm³/mol. The zero-order valence-electron chi connectivity index (χ0n) is 69.6. The van der Waals surface area contributed by atoms with Gasteiger partial charge in [-0.15, -0.1) is 0 Å². The molecule has 0 aliphatic rings. The summed E-state index contributed by atoms with van der Waals surface area (Å²) in [6.07, 6.45) is -22.3. The van der Waals surface area contributed by atoms with Gasteiger partial charge in [-0.2, -0.15) is 63.2 Å². The molecule has 0 N–H and O–H groups in total. The Morgan fingerprint density at radius 1 is 0.250 bits per heavy atom. The summed E-state index contributed by atoms with van der Waals surface area (Å²) in [6, 6.07) is 61.2. The second kappa shape index (κ2) is 27.5. The van der Waals surface area contributed by atoms with Gasteiger partial charge < -0.3 is 18.3 Å². The number of rotatable bonds is 9. The van der Waals surface area contributed by atoms with E-state index in [1.165, 1.54) is 24.3 Å². The Morgan fingerprint density at radius 2 is 0.525 bits per heavy atom. The maximum Gasteiger partial charge on any atom is 0.417 e. The Labute approximate surface area is 688 Å². The molecule has 120 heavy (non-hydrogen) atoms. The number of benzene rings is 12. The fraction of sp³-hybridized carbons (Fsp3) is 0.275. The van der Waals surface area contributed by atoms with Crippen molar-refractivity contribution in [2.24, 2.45) is 0 Å². The van der Waals surface area contributed by atoms with E-state index in [-0.39, 0.29) is 50.4 Å². The van der Waals surface area contributed by atoms with Gasteiger partial charge in [-0.25, -0.2) is 0 Å². The first kappa shape index (κ1) is 81.7. The van der Waals surface area contributed by atoms with Gasteiger partial charge in [0.2, 0.25) is 0 Å². The van der Waals surface area contributed by atoms with Crippen LogP contribution >= 0.6 is 0 Å². The summed E-state index contributed by atoms with van der Waals surface area (Å²) in [7, 11) is 0. The Balaban J connectivity index is 0.956. The van der Waals surface area contributed by atoms with E-state index in [4.69, 9.17) is 0 Å². The van der Waals surface area contributed by atoms with E-state index in [0.29, 0.717) is 94.7 Å². The summed E-state index contributed by atoms with van der Waals surface area (Å²) in [6.45, 7) is 33.3. The van der Waals surface area contributed by atoms with Gasteiger partial charge in [-0.1, -0.05) is 221 Å². The van der Waals surface area contributed by atoms with E-state index in [9.17, 15) is 10.5 Å². The maximum absolute atomic E-state index is 17.2. The number of halogens is 12. The summed E-state index contributed by atoms with van der Waals surface area (Å²) in [5.41, 5.74) is -6.67. The second-order valence-electron chi connectivity index (χ2n) is 37.9. The quantitative estimate of drug-likeness (QED) is 0.135. The van der Waals surface area contributed by atoms with E-state index >= 15 is 52.7 Å². The average molecular weight is 1630 g/mol. The third-order valence-corrected chi connectivity index (χ3v) is 24.1. The van der Waals surface area contributed by atoms with Crippen LogP contribution in [0.2, 0.25) is 0 Å². The summed E-state index contributed by atoms with van der Waals surface area (Å²) in [5, 5.41) is 28.5. The lowest BCUT2D eigenvalue weighted by molar-refractivity contribution is -0.143. The van der Waals surface area contributed by atoms with E-state index in [2.05, 4.69) is 32.9 Å². The normalized spacial score (nSPS) is 13.4. The van der Waals surface area contributed by atoms with E-state index in [1.54, 1.807) is 86.7 Å². The summed E-state index contributed by atoms with van der Waals surface area (Å²) >= 11 is 0. The fourth-order valence-electron chi connectivity index (χ4n) is 17.7. The van der Waals surface area contributed by atoms with Crippen molar-refractivity contribution in [1.29, 1.82) is 10.5 Å². The zero-order valence-corrected chi connectivity index (χ0v) is 69.6. The van der Waals surface area contributed by atoms with Crippen LogP contribution in [0.3, 0.4) is 0 Å². The first-order chi connectivity index (χ1) is 55.9. The molecule has 6 nitrogen and oxygen atoms in total. The summed E-state index contributed by atoms with van der Waals surface area (Å²) in [5.74, 6) is 0. The Hall–Kier alpha value is -12.0. The van der Waals surface area contributed by atoms with Crippen molar-refractivity contribution in [2.45, 2.75) is 181 Å². The van der Waals surface area contributed by atoms with Gasteiger partial charge in [0.15, 0.2) is 0 Å². The van der Waals surface area contributed by atoms with E-state index in [1.807, 2.05) is 186 Å². The van der Waals surface area contributed by atoms with Crippen LogP contribution in [0.1, 0.15) is 190 Å². The Bertz CT molecular complexity index is 6930. The van der Waals surface area contributed by atoms with Gasteiger partial charge in [0.25, 0.3) is 0 Å². The highest BCUT2D eigenvalue weighted by molar-refractivity contribution is 6.14. The fourth-order valence-corrected chi connectivity index (χ4v) is 17.7. The third kappa shape index (κ3) is 13.8. The predicted octanol–water partition coefficient (Wildman–Crippen LogP) is 30.2. The molecule has 0 atom stereocenters. The molecule has 0 saturated carbocycles. The van der Waals surface area contributed by atoms with Crippen LogP contribution in [0.25, 0.3) is 132 Å². The Kier molecular flexibility index (Phi) is 18.7. The van der Waals surface area contributed by atoms with Crippen LogP contribution in [0.15, 0.2) is 212 Å². The molecule has 0 aliphatic heterocycles. The molecule has 0 fully saturated rings. The van der Waals surface area contributed by atoms with Gasteiger partial charge in [-0.05, 0) is 187 Å². The number of nitriles is 2. The number of fused-ring (bicyclic) bond motifs is 12. The van der Waals surface area contributed by atoms with Crippen molar-refractivity contribution in [3.63, 3.8) is 0 Å². The van der Waals surface area contributed by atoms with Crippen LogP contribution in [-0.4, -0.2) is 18.3 Å². The van der Waals surface area contributed by atoms with Crippen LogP contribution in [0, 0.1) is 22.7 Å². The molecule has 610 valence electrons. The molecular weight excluding hydrogens is 1540 g/mol. The molecule has 4 aromatic heterocycles. The Morgan fingerprint density at radius 3 is 0.867 bits per heavy atom. The molecule has 0 saturated heterocycles. The van der Waals surface area contributed by atoms with Gasteiger partial charge >= 0.3 is 24.7 Å². The molecule has 0 bridgehead atoms. The number of nitrogens with zero attached hydrogens (tertiary/aromatic N) is 6. The van der Waals surface area contributed by atoms with E-state index < -0.39 is 103 Å². The average Bonchev–Trinajstić information content (AvgIpc) is 1.46. The third-order valence-electron chi connectivity index (χ3n) is 24.1. The van der Waals surface area contributed by atoms with E-state index in [0.717, 1.165) is 50.7 Å². The lowest BCUT2D eigenvalue weighted by atomic mass is 9.77. The first-order valence-electron chi connectivity index (χ1n) is 39.9. The molecular formula is C102H88F12N6. The maximum atomic E-state index is 17.2. The van der Waals surface area contributed by atoms with Crippen molar-refractivity contribution >= 4 is 87.2 Å². The molecule has 0 aliphatic carbocycles. The minimum atomic E-state index is -5.51. The van der Waals surface area contributed by atoms with Crippen molar-refractivity contribution in [1.82, 2.24) is 18.3 Å². The summed E-state index contributed by atoms with van der Waals surface area (Å²) in [4.78, 5) is 0. The number of hydrogen-bond donors (Lipinski definition) is 0. The highest BCUT2D eigenvalue weighted by Gasteiger charge is 2.46. The van der Waals surface area contributed by atoms with Crippen molar-refractivity contribution in [3.8, 4) is 57.1 Å². The van der Waals surface area contributed by atoms with Gasteiger partial charge in [0, 0.05) is 65.3 Å². The SMILES string of the molecule is CC(C)(C)c1ccc2c(c1)c1ccccc1n2-c1cc(-c2c(C(F)(F)F)cc(CC(C)(C)c3ccc4c5ccc(C(C)(C)C)cc5n(-c5cc(-c6c(C(F)(F)F)cccc6C(F)(F)F)c(-n6c7cc(C(C)(C)C)ccc7c7ccc(C(C)(C)C)cc76)cc5C#N)c4c3)cc2C(F)(F)F)c(-n2c3ccccc3c3cc(C(C)(C)C)ccc32)cc1C#N. The first-order valence-corrected chi connectivity index (χ1v) is 39.9. The number of hydrogen-bond acceptors (Lipinski definition) is 2. The van der Waals surface area contributed by atoms with Gasteiger partial charge in [-0.3, -0.25) is 0 Å². The topological polar surface area (TPSA) is 67.3 Å². The molecule has 12 aromatic carbocycles. The zero-order chi connectivity index (χ0) is 86.5. The van der Waals surface area contributed by atoms with Crippen molar-refractivity contribution in [3.05, 3.63) is 285 Å². The lowest BCUT2D eigenvalue weighted by Gasteiger charge is -2.29. The molecule has 16 aromatic rings. The smallest absolute Gasteiger partial charge is 0.309 e. The number of alkyl halides is 12. The van der Waals surface area contributed by atoms with Crippen molar-refractivity contribution < 1.29 is 52.7 Å². The minimum absolute atomic E-state index is 0.0226. The standard InChI is InChI=1S/C102H88F12N6/c1-93(2,3)59-33-39-81-71(45-59)65-23-18-20-27-79(65)117(81)83-52-74(85(43-57(83)54-115)118-80-28-21-19-24-66(80)72-46-60(94(4,5)6)34-40-82(72)118)92-77(101(109,110)111)41-56(42-78(92)102(112,113)114)53-98(16,17)64-32-38-70-67-35-29-61(95(7,8)9)47-87(67)119(90(70)50-64)84-51-73(91-75(99(103,104)105)25-22-26-76(91)100(106,107)108)86(44-58(84)55-116)120-88-48-62(96(10,11)12)30-36-68(88)69-37-31-63(49-89(69)120)97(13,14)15/h18-52H,53H2,1-17H3. The monoisotopic (exact) mass is 1620 g/mol. The van der Waals surface area contributed by atoms with Crippen LogP contribution < -0.4 is 0 Å². The molecule has 0 spiro atoms. The van der Waals surface area contributed by atoms with Crippen molar-refractivity contribution in [2.75, 3.05) is 0 Å². The molecule has 16 rings (SSSR count). The molecule has 4 heterocycles. The van der Waals surface area contributed by atoms with Crippen LogP contribution in [-0.2, 0) is 63.6 Å². The second-order valence-corrected chi connectivity index (χ2v) is 37.9. The van der Waals surface area contributed by atoms with Gasteiger partial charge in [0.1, 0.15) is 12.1 Å². The highest BCUT2D eigenvalue weighted by Crippen LogP contribution is 2.54. The van der Waals surface area contributed by atoms with Crippen LogP contribution in [0.5, 0.6) is 0 Å². The van der Waals surface area contributed by atoms with Crippen LogP contribution in [0.4, 0.5) is 52.7 Å². The number of para-hydroxylation sites is 2. The molecule has 0 amide bonds. The minimum Gasteiger partial charge on any atom is -0.309 e. The molecule has 0 radical (unpaired) electrons. The molecule has 18 heteroatoms. The summed E-state index contributed by atoms with van der Waals surface area (Å²) < 4.78 is 207. The molecule has 0 unspecified atom stereocenters. The highest BCUT2D eigenvalue weighted by atomic mass is 19.4. The van der Waals surface area contributed by atoms with Gasteiger partial charge in [0.05, 0.1) is 100 Å². The number of aromatic nitrogens is 4.